The highest BCUT2D eigenvalue weighted by Crippen LogP contribution is 2.33. The van der Waals surface area contributed by atoms with Gasteiger partial charge >= 0.3 is 0 Å². The molecule has 3 heterocycles. The van der Waals surface area contributed by atoms with Gasteiger partial charge in [0.1, 0.15) is 5.65 Å². The molecule has 1 aliphatic rings. The highest BCUT2D eigenvalue weighted by Gasteiger charge is 2.17. The number of anilines is 3. The number of hydrogen-bond acceptors (Lipinski definition) is 6. The minimum absolute atomic E-state index is 0.215. The first-order valence-corrected chi connectivity index (χ1v) is 12.7. The zero-order chi connectivity index (χ0) is 25.4. The number of nitrogens with zero attached hydrogens (tertiary/aromatic N) is 5. The van der Waals surface area contributed by atoms with Gasteiger partial charge in [-0.2, -0.15) is 4.98 Å². The number of halogens is 2. The highest BCUT2D eigenvalue weighted by molar-refractivity contribution is 6.39. The summed E-state index contributed by atoms with van der Waals surface area (Å²) in [7, 11) is 4.01. The number of aryl methyl sites for hydroxylation is 2. The average Bonchev–Trinajstić information content (AvgIpc) is 3.06. The molecule has 0 radical (unpaired) electrons. The van der Waals surface area contributed by atoms with Gasteiger partial charge in [-0.05, 0) is 62.8 Å². The monoisotopic (exact) mass is 522 g/mol. The number of pyridine rings is 1. The molecule has 0 bridgehead atoms. The van der Waals surface area contributed by atoms with Gasteiger partial charge in [0.05, 0.1) is 15.4 Å². The maximum atomic E-state index is 13.3. The highest BCUT2D eigenvalue weighted by atomic mass is 35.5. The topological polar surface area (TPSA) is 66.3 Å². The van der Waals surface area contributed by atoms with Crippen LogP contribution in [0.3, 0.4) is 0 Å². The molecule has 1 aliphatic heterocycles. The van der Waals surface area contributed by atoms with Crippen LogP contribution in [-0.4, -0.2) is 52.7 Å². The van der Waals surface area contributed by atoms with Gasteiger partial charge in [0.2, 0.25) is 11.4 Å². The first-order chi connectivity index (χ1) is 17.3. The summed E-state index contributed by atoms with van der Waals surface area (Å²) in [4.78, 5) is 27.2. The fourth-order valence-corrected chi connectivity index (χ4v) is 5.36. The second-order valence-corrected chi connectivity index (χ2v) is 10.1. The fraction of sp³-hybridized carbons (Fsp3) is 0.296. The number of fused-ring (bicyclic) bond motifs is 1. The Balaban J connectivity index is 1.44. The Morgan fingerprint density at radius 1 is 1.00 bits per heavy atom. The fourth-order valence-electron chi connectivity index (χ4n) is 4.76. The summed E-state index contributed by atoms with van der Waals surface area (Å²) in [6, 6.07) is 11.5. The summed E-state index contributed by atoms with van der Waals surface area (Å²) >= 11 is 12.7. The lowest BCUT2D eigenvalue weighted by molar-refractivity contribution is 0.360. The molecule has 0 atom stereocenters. The molecule has 0 aliphatic carbocycles. The molecule has 0 spiro atoms. The molecule has 4 aromatic rings. The Labute approximate surface area is 220 Å². The summed E-state index contributed by atoms with van der Waals surface area (Å²) in [6.07, 6.45) is 4.42. The lowest BCUT2D eigenvalue weighted by Crippen LogP contribution is -2.29. The van der Waals surface area contributed by atoms with Crippen LogP contribution in [0, 0.1) is 6.92 Å². The third kappa shape index (κ3) is 4.78. The lowest BCUT2D eigenvalue weighted by Gasteiger charge is -2.25. The Morgan fingerprint density at radius 2 is 1.78 bits per heavy atom. The van der Waals surface area contributed by atoms with Crippen LogP contribution in [0.25, 0.3) is 22.2 Å². The molecule has 2 aromatic carbocycles. The van der Waals surface area contributed by atoms with Crippen LogP contribution in [0.1, 0.15) is 12.0 Å². The number of aromatic nitrogens is 3. The van der Waals surface area contributed by atoms with E-state index in [4.69, 9.17) is 23.2 Å². The van der Waals surface area contributed by atoms with Crippen molar-refractivity contribution in [2.75, 3.05) is 43.4 Å². The SMILES string of the molecule is Cc1cc(Nc2ncc3c(=O)c(-c4c(Cl)cccc4Cl)cn(C)c3n2)ccc1N1CCCN(C)CC1. The Morgan fingerprint density at radius 3 is 2.53 bits per heavy atom. The number of likely N-dealkylation sites (N-methyl/N-ethyl adjacent to an activating group) is 1. The van der Waals surface area contributed by atoms with Crippen LogP contribution >= 0.6 is 23.2 Å². The van der Waals surface area contributed by atoms with Crippen LogP contribution in [0.5, 0.6) is 0 Å². The van der Waals surface area contributed by atoms with Crippen molar-refractivity contribution in [3.63, 3.8) is 0 Å². The molecule has 36 heavy (non-hydrogen) atoms. The van der Waals surface area contributed by atoms with E-state index in [0.29, 0.717) is 38.2 Å². The van der Waals surface area contributed by atoms with Crippen molar-refractivity contribution in [1.29, 1.82) is 0 Å². The minimum Gasteiger partial charge on any atom is -0.370 e. The van der Waals surface area contributed by atoms with Crippen LogP contribution in [0.15, 0.2) is 53.6 Å². The largest absolute Gasteiger partial charge is 0.370 e. The average molecular weight is 523 g/mol. The van der Waals surface area contributed by atoms with E-state index in [9.17, 15) is 4.79 Å². The molecule has 2 aromatic heterocycles. The molecule has 1 N–H and O–H groups in total. The van der Waals surface area contributed by atoms with Gasteiger partial charge in [-0.25, -0.2) is 4.98 Å². The van der Waals surface area contributed by atoms with E-state index >= 15 is 0 Å². The molecule has 0 amide bonds. The third-order valence-electron chi connectivity index (χ3n) is 6.66. The predicted molar refractivity (Wildman–Crippen MR) is 149 cm³/mol. The van der Waals surface area contributed by atoms with Gasteiger partial charge in [0.15, 0.2) is 0 Å². The smallest absolute Gasteiger partial charge is 0.229 e. The first-order valence-electron chi connectivity index (χ1n) is 11.9. The number of benzene rings is 2. The van der Waals surface area contributed by atoms with Gasteiger partial charge in [0, 0.05) is 61.6 Å². The van der Waals surface area contributed by atoms with Crippen molar-refractivity contribution in [3.8, 4) is 11.1 Å². The molecule has 1 fully saturated rings. The quantitative estimate of drug-likeness (QED) is 0.381. The zero-order valence-corrected chi connectivity index (χ0v) is 22.1. The van der Waals surface area contributed by atoms with E-state index < -0.39 is 0 Å². The van der Waals surface area contributed by atoms with Crippen molar-refractivity contribution in [2.24, 2.45) is 7.05 Å². The standard InChI is InChI=1S/C27H28Cl2N6O/c1-17-14-18(8-9-23(17)35-11-5-10-33(2)12-13-35)31-27-30-15-19-25(36)20(16-34(3)26(19)32-27)24-21(28)6-4-7-22(24)29/h4,6-9,14-16H,5,10-13H2,1-3H3,(H,30,31,32). The van der Waals surface area contributed by atoms with Crippen molar-refractivity contribution in [2.45, 2.75) is 13.3 Å². The van der Waals surface area contributed by atoms with Crippen molar-refractivity contribution >= 4 is 51.6 Å². The first kappa shape index (κ1) is 24.6. The summed E-state index contributed by atoms with van der Waals surface area (Å²) in [5.41, 5.74) is 4.57. The van der Waals surface area contributed by atoms with Gasteiger partial charge in [-0.3, -0.25) is 4.79 Å². The summed E-state index contributed by atoms with van der Waals surface area (Å²) in [6.45, 7) is 6.40. The van der Waals surface area contributed by atoms with E-state index in [0.717, 1.165) is 38.3 Å². The van der Waals surface area contributed by atoms with E-state index in [1.165, 1.54) is 11.3 Å². The lowest BCUT2D eigenvalue weighted by atomic mass is 10.1. The maximum Gasteiger partial charge on any atom is 0.229 e. The van der Waals surface area contributed by atoms with E-state index in [-0.39, 0.29) is 5.43 Å². The van der Waals surface area contributed by atoms with Crippen LogP contribution in [-0.2, 0) is 7.05 Å². The normalized spacial score (nSPS) is 14.8. The summed E-state index contributed by atoms with van der Waals surface area (Å²) < 4.78 is 1.79. The summed E-state index contributed by atoms with van der Waals surface area (Å²) in [5, 5.41) is 4.53. The molecule has 0 saturated carbocycles. The van der Waals surface area contributed by atoms with Crippen LogP contribution in [0.4, 0.5) is 17.3 Å². The molecule has 0 unspecified atom stereocenters. The molecular formula is C27H28Cl2N6O. The van der Waals surface area contributed by atoms with Crippen LogP contribution < -0.4 is 15.6 Å². The van der Waals surface area contributed by atoms with Gasteiger partial charge in [-0.15, -0.1) is 0 Å². The molecule has 7 nitrogen and oxygen atoms in total. The van der Waals surface area contributed by atoms with Crippen molar-refractivity contribution in [1.82, 2.24) is 19.4 Å². The Kier molecular flexibility index (Phi) is 6.88. The molecular weight excluding hydrogens is 495 g/mol. The second kappa shape index (κ2) is 10.1. The van der Waals surface area contributed by atoms with Gasteiger partial charge in [0.25, 0.3) is 0 Å². The maximum absolute atomic E-state index is 13.3. The number of nitrogens with one attached hydrogen (secondary N) is 1. The summed E-state index contributed by atoms with van der Waals surface area (Å²) in [5.74, 6) is 0.421. The third-order valence-corrected chi connectivity index (χ3v) is 7.29. The van der Waals surface area contributed by atoms with Crippen molar-refractivity contribution < 1.29 is 0 Å². The molecule has 1 saturated heterocycles. The number of hydrogen-bond donors (Lipinski definition) is 1. The van der Waals surface area contributed by atoms with Crippen molar-refractivity contribution in [3.05, 3.63) is 74.6 Å². The van der Waals surface area contributed by atoms with E-state index in [1.807, 2.05) is 13.1 Å². The number of rotatable bonds is 4. The Hall–Kier alpha value is -3.13. The predicted octanol–water partition coefficient (Wildman–Crippen LogP) is 5.50. The second-order valence-electron chi connectivity index (χ2n) is 9.28. The van der Waals surface area contributed by atoms with Gasteiger partial charge in [-0.1, -0.05) is 29.3 Å². The molecule has 186 valence electrons. The zero-order valence-electron chi connectivity index (χ0n) is 20.6. The van der Waals surface area contributed by atoms with Crippen LogP contribution in [0.2, 0.25) is 10.0 Å². The van der Waals surface area contributed by atoms with E-state index in [2.05, 4.69) is 51.2 Å². The minimum atomic E-state index is -0.215. The van der Waals surface area contributed by atoms with Gasteiger partial charge < -0.3 is 19.7 Å². The molecule has 9 heteroatoms. The van der Waals surface area contributed by atoms with E-state index in [1.54, 1.807) is 35.2 Å². The Bertz CT molecular complexity index is 1480. The molecule has 5 rings (SSSR count).